The third-order valence-corrected chi connectivity index (χ3v) is 4.19. The molecule has 0 spiro atoms. The third-order valence-electron chi connectivity index (χ3n) is 3.56. The number of benzene rings is 2. The highest BCUT2D eigenvalue weighted by atomic mass is 35.5. The molecule has 2 aromatic carbocycles. The van der Waals surface area contributed by atoms with Crippen LogP contribution in [-0.2, 0) is 11.3 Å². The van der Waals surface area contributed by atoms with E-state index in [0.717, 1.165) is 16.5 Å². The van der Waals surface area contributed by atoms with Gasteiger partial charge in [0.05, 0.1) is 21.9 Å². The van der Waals surface area contributed by atoms with Crippen molar-refractivity contribution in [1.29, 1.82) is 0 Å². The van der Waals surface area contributed by atoms with Crippen molar-refractivity contribution in [3.8, 4) is 0 Å². The second kappa shape index (κ2) is 6.95. The predicted molar refractivity (Wildman–Crippen MR) is 96.4 cm³/mol. The van der Waals surface area contributed by atoms with E-state index in [2.05, 4.69) is 10.5 Å². The van der Waals surface area contributed by atoms with Crippen molar-refractivity contribution in [1.82, 2.24) is 4.57 Å². The van der Waals surface area contributed by atoms with Crippen molar-refractivity contribution in [3.05, 3.63) is 64.3 Å². The van der Waals surface area contributed by atoms with E-state index in [1.807, 2.05) is 24.3 Å². The summed E-state index contributed by atoms with van der Waals surface area (Å²) in [5, 5.41) is 16.2. The fraction of sp³-hybridized carbons (Fsp3) is 0.0588. The normalized spacial score (nSPS) is 11.2. The molecule has 1 amide bonds. The number of nitrogens with zero attached hydrogens (tertiary/aromatic N) is 2. The molecule has 7 heteroatoms. The van der Waals surface area contributed by atoms with Crippen molar-refractivity contribution in [3.63, 3.8) is 0 Å². The van der Waals surface area contributed by atoms with Gasteiger partial charge in [0, 0.05) is 22.7 Å². The first kappa shape index (κ1) is 16.4. The Hall–Kier alpha value is -2.50. The van der Waals surface area contributed by atoms with Crippen molar-refractivity contribution in [2.45, 2.75) is 6.54 Å². The SMILES string of the molecule is O=C(Cn1cc(C=NO)c2ccccc21)Nc1c(Cl)cccc1Cl. The fourth-order valence-corrected chi connectivity index (χ4v) is 3.01. The zero-order valence-electron chi connectivity index (χ0n) is 12.4. The topological polar surface area (TPSA) is 66.6 Å². The molecule has 0 atom stereocenters. The van der Waals surface area contributed by atoms with Crippen LogP contribution in [0, 0.1) is 0 Å². The van der Waals surface area contributed by atoms with Gasteiger partial charge in [-0.05, 0) is 18.2 Å². The lowest BCUT2D eigenvalue weighted by molar-refractivity contribution is -0.116. The summed E-state index contributed by atoms with van der Waals surface area (Å²) in [7, 11) is 0. The molecule has 3 rings (SSSR count). The maximum absolute atomic E-state index is 12.4. The van der Waals surface area contributed by atoms with Gasteiger partial charge in [0.2, 0.25) is 5.91 Å². The minimum absolute atomic E-state index is 0.0708. The van der Waals surface area contributed by atoms with Crippen LogP contribution in [0.25, 0.3) is 10.9 Å². The van der Waals surface area contributed by atoms with E-state index >= 15 is 0 Å². The van der Waals surface area contributed by atoms with Crippen LogP contribution in [0.3, 0.4) is 0 Å². The molecule has 2 N–H and O–H groups in total. The van der Waals surface area contributed by atoms with E-state index in [4.69, 9.17) is 28.4 Å². The number of nitrogens with one attached hydrogen (secondary N) is 1. The van der Waals surface area contributed by atoms with Crippen LogP contribution in [0.1, 0.15) is 5.56 Å². The number of carbonyl (C=O) groups excluding carboxylic acids is 1. The van der Waals surface area contributed by atoms with Crippen LogP contribution < -0.4 is 5.32 Å². The molecule has 0 bridgehead atoms. The lowest BCUT2D eigenvalue weighted by Gasteiger charge is -2.10. The first-order valence-electron chi connectivity index (χ1n) is 7.09. The van der Waals surface area contributed by atoms with Crippen LogP contribution >= 0.6 is 23.2 Å². The minimum atomic E-state index is -0.266. The predicted octanol–water partition coefficient (Wildman–Crippen LogP) is 4.39. The standard InChI is InChI=1S/C17H13Cl2N3O2/c18-13-5-3-6-14(19)17(13)21-16(23)10-22-9-11(8-20-24)12-4-1-2-7-15(12)22/h1-9,24H,10H2,(H,21,23). The molecule has 3 aromatic rings. The number of aromatic nitrogens is 1. The maximum atomic E-state index is 12.4. The van der Waals surface area contributed by atoms with E-state index in [1.165, 1.54) is 6.21 Å². The van der Waals surface area contributed by atoms with Gasteiger partial charge in [0.1, 0.15) is 6.54 Å². The summed E-state index contributed by atoms with van der Waals surface area (Å²) in [6.07, 6.45) is 3.08. The number of carbonyl (C=O) groups is 1. The molecule has 0 fully saturated rings. The first-order valence-corrected chi connectivity index (χ1v) is 7.85. The summed E-state index contributed by atoms with van der Waals surface area (Å²) in [5.41, 5.74) is 1.96. The molecule has 0 radical (unpaired) electrons. The molecule has 1 aromatic heterocycles. The molecular formula is C17H13Cl2N3O2. The molecule has 5 nitrogen and oxygen atoms in total. The summed E-state index contributed by atoms with van der Waals surface area (Å²) in [4.78, 5) is 12.4. The lowest BCUT2D eigenvalue weighted by atomic mass is 10.2. The van der Waals surface area contributed by atoms with Crippen LogP contribution in [0.2, 0.25) is 10.0 Å². The Morgan fingerprint density at radius 2 is 1.88 bits per heavy atom. The number of hydrogen-bond donors (Lipinski definition) is 2. The van der Waals surface area contributed by atoms with Crippen molar-refractivity contribution < 1.29 is 10.0 Å². The highest BCUT2D eigenvalue weighted by molar-refractivity contribution is 6.39. The highest BCUT2D eigenvalue weighted by Crippen LogP contribution is 2.30. The molecule has 1 heterocycles. The largest absolute Gasteiger partial charge is 0.411 e. The summed E-state index contributed by atoms with van der Waals surface area (Å²) in [6, 6.07) is 12.6. The number of amides is 1. The Balaban J connectivity index is 1.88. The van der Waals surface area contributed by atoms with Gasteiger partial charge < -0.3 is 15.1 Å². The van der Waals surface area contributed by atoms with Gasteiger partial charge in [-0.25, -0.2) is 0 Å². The molecule has 24 heavy (non-hydrogen) atoms. The van der Waals surface area contributed by atoms with Gasteiger partial charge in [-0.2, -0.15) is 0 Å². The van der Waals surface area contributed by atoms with Gasteiger partial charge in [-0.1, -0.05) is 52.6 Å². The molecule has 0 aliphatic heterocycles. The number of rotatable bonds is 4. The summed E-state index contributed by atoms with van der Waals surface area (Å²) in [6.45, 7) is 0.0708. The first-order chi connectivity index (χ1) is 11.6. The van der Waals surface area contributed by atoms with E-state index in [1.54, 1.807) is 29.0 Å². The van der Waals surface area contributed by atoms with E-state index in [0.29, 0.717) is 15.7 Å². The van der Waals surface area contributed by atoms with Crippen LogP contribution in [0.5, 0.6) is 0 Å². The van der Waals surface area contributed by atoms with E-state index in [-0.39, 0.29) is 12.5 Å². The van der Waals surface area contributed by atoms with Gasteiger partial charge in [-0.15, -0.1) is 0 Å². The summed E-state index contributed by atoms with van der Waals surface area (Å²) in [5.74, 6) is -0.266. The second-order valence-corrected chi connectivity index (χ2v) is 5.93. The fourth-order valence-electron chi connectivity index (χ4n) is 2.52. The zero-order chi connectivity index (χ0) is 17.1. The quantitative estimate of drug-likeness (QED) is 0.411. The Bertz CT molecular complexity index is 914. The number of oxime groups is 1. The average Bonchev–Trinajstić information content (AvgIpc) is 2.90. The molecule has 0 saturated heterocycles. The van der Waals surface area contributed by atoms with Crippen molar-refractivity contribution >= 4 is 51.9 Å². The van der Waals surface area contributed by atoms with E-state index < -0.39 is 0 Å². The van der Waals surface area contributed by atoms with Crippen LogP contribution in [-0.4, -0.2) is 21.9 Å². The summed E-state index contributed by atoms with van der Waals surface area (Å²) < 4.78 is 1.77. The number of hydrogen-bond acceptors (Lipinski definition) is 3. The molecule has 0 unspecified atom stereocenters. The van der Waals surface area contributed by atoms with Crippen LogP contribution in [0.4, 0.5) is 5.69 Å². The molecule has 0 saturated carbocycles. The van der Waals surface area contributed by atoms with Crippen LogP contribution in [0.15, 0.2) is 53.8 Å². The Morgan fingerprint density at radius 1 is 1.17 bits per heavy atom. The van der Waals surface area contributed by atoms with Crippen molar-refractivity contribution in [2.75, 3.05) is 5.32 Å². The Morgan fingerprint density at radius 3 is 2.58 bits per heavy atom. The second-order valence-electron chi connectivity index (χ2n) is 5.12. The van der Waals surface area contributed by atoms with E-state index in [9.17, 15) is 4.79 Å². The molecule has 0 aliphatic carbocycles. The van der Waals surface area contributed by atoms with Gasteiger partial charge in [0.25, 0.3) is 0 Å². The van der Waals surface area contributed by atoms with Gasteiger partial charge in [0.15, 0.2) is 0 Å². The number of fused-ring (bicyclic) bond motifs is 1. The number of halogens is 2. The summed E-state index contributed by atoms with van der Waals surface area (Å²) >= 11 is 12.1. The lowest BCUT2D eigenvalue weighted by Crippen LogP contribution is -2.18. The minimum Gasteiger partial charge on any atom is -0.411 e. The Labute approximate surface area is 148 Å². The third kappa shape index (κ3) is 3.22. The maximum Gasteiger partial charge on any atom is 0.244 e. The highest BCUT2D eigenvalue weighted by Gasteiger charge is 2.13. The van der Waals surface area contributed by atoms with Crippen molar-refractivity contribution in [2.24, 2.45) is 5.16 Å². The smallest absolute Gasteiger partial charge is 0.244 e. The number of anilines is 1. The number of para-hydroxylation sites is 2. The van der Waals surface area contributed by atoms with Gasteiger partial charge >= 0.3 is 0 Å². The molecule has 0 aliphatic rings. The Kier molecular flexibility index (Phi) is 4.74. The molecular weight excluding hydrogens is 349 g/mol. The average molecular weight is 362 g/mol. The molecule has 122 valence electrons. The van der Waals surface area contributed by atoms with Gasteiger partial charge in [-0.3, -0.25) is 4.79 Å². The zero-order valence-corrected chi connectivity index (χ0v) is 13.9. The monoisotopic (exact) mass is 361 g/mol.